The standard InChI is InChI=1S/C24H23N5O3/c1-32-21(30)10-14-8-17(15-4-2-3-13(7-15)12-25)22(31)18(9-14)24-28-19-6-5-16(23(26)27)11-20(19)29-24/h2-9,11,31H,10,12,25H2,1H3,(H3,26,27)(H,28,29). The fourth-order valence-electron chi connectivity index (χ4n) is 3.60. The Morgan fingerprint density at radius 1 is 1.12 bits per heavy atom. The van der Waals surface area contributed by atoms with Gasteiger partial charge in [0.2, 0.25) is 0 Å². The van der Waals surface area contributed by atoms with E-state index < -0.39 is 0 Å². The van der Waals surface area contributed by atoms with E-state index in [-0.39, 0.29) is 24.0 Å². The van der Waals surface area contributed by atoms with E-state index in [4.69, 9.17) is 21.6 Å². The van der Waals surface area contributed by atoms with Crippen LogP contribution in [0.2, 0.25) is 0 Å². The van der Waals surface area contributed by atoms with E-state index >= 15 is 0 Å². The number of carbonyl (C=O) groups excluding carboxylic acids is 1. The minimum Gasteiger partial charge on any atom is -0.507 e. The maximum absolute atomic E-state index is 11.9. The number of rotatable bonds is 6. The first-order valence-corrected chi connectivity index (χ1v) is 9.96. The largest absolute Gasteiger partial charge is 0.507 e. The maximum Gasteiger partial charge on any atom is 0.309 e. The molecular weight excluding hydrogens is 406 g/mol. The Morgan fingerprint density at radius 2 is 1.91 bits per heavy atom. The number of hydrogen-bond donors (Lipinski definition) is 5. The predicted octanol–water partition coefficient (Wildman–Crippen LogP) is 3.06. The van der Waals surface area contributed by atoms with Crippen molar-refractivity contribution in [2.45, 2.75) is 13.0 Å². The summed E-state index contributed by atoms with van der Waals surface area (Å²) in [6.45, 7) is 0.366. The van der Waals surface area contributed by atoms with E-state index in [9.17, 15) is 9.90 Å². The molecule has 0 bridgehead atoms. The van der Waals surface area contributed by atoms with Crippen LogP contribution in [0.4, 0.5) is 0 Å². The molecule has 0 saturated carbocycles. The van der Waals surface area contributed by atoms with Crippen molar-refractivity contribution < 1.29 is 14.6 Å². The van der Waals surface area contributed by atoms with Gasteiger partial charge in [-0.25, -0.2) is 4.98 Å². The fraction of sp³-hybridized carbons (Fsp3) is 0.125. The molecule has 162 valence electrons. The molecule has 0 aliphatic rings. The summed E-state index contributed by atoms with van der Waals surface area (Å²) in [5.41, 5.74) is 16.6. The lowest BCUT2D eigenvalue weighted by Gasteiger charge is -2.13. The van der Waals surface area contributed by atoms with Crippen LogP contribution >= 0.6 is 0 Å². The van der Waals surface area contributed by atoms with Crippen LogP contribution in [-0.2, 0) is 22.5 Å². The highest BCUT2D eigenvalue weighted by Gasteiger charge is 2.18. The number of H-pyrrole nitrogens is 1. The second-order valence-corrected chi connectivity index (χ2v) is 7.43. The summed E-state index contributed by atoms with van der Waals surface area (Å²) in [5, 5.41) is 18.8. The van der Waals surface area contributed by atoms with Gasteiger partial charge >= 0.3 is 5.97 Å². The van der Waals surface area contributed by atoms with Gasteiger partial charge in [-0.15, -0.1) is 0 Å². The van der Waals surface area contributed by atoms with Crippen molar-refractivity contribution in [3.63, 3.8) is 0 Å². The number of fused-ring (bicyclic) bond motifs is 1. The number of nitrogens with two attached hydrogens (primary N) is 2. The molecule has 7 N–H and O–H groups in total. The van der Waals surface area contributed by atoms with Crippen LogP contribution in [0.15, 0.2) is 54.6 Å². The molecule has 0 spiro atoms. The van der Waals surface area contributed by atoms with Crippen LogP contribution in [0.1, 0.15) is 16.7 Å². The molecule has 0 amide bonds. The van der Waals surface area contributed by atoms with Crippen molar-refractivity contribution in [3.05, 3.63) is 71.3 Å². The molecule has 0 atom stereocenters. The Bertz CT molecular complexity index is 1340. The lowest BCUT2D eigenvalue weighted by Crippen LogP contribution is -2.10. The summed E-state index contributed by atoms with van der Waals surface area (Å²) in [7, 11) is 1.33. The van der Waals surface area contributed by atoms with Gasteiger partial charge in [-0.2, -0.15) is 0 Å². The highest BCUT2D eigenvalue weighted by molar-refractivity contribution is 5.98. The molecule has 3 aromatic carbocycles. The summed E-state index contributed by atoms with van der Waals surface area (Å²) in [4.78, 5) is 19.7. The van der Waals surface area contributed by atoms with Crippen LogP contribution in [0.3, 0.4) is 0 Å². The number of esters is 1. The molecule has 1 heterocycles. The second kappa shape index (κ2) is 8.52. The highest BCUT2D eigenvalue weighted by atomic mass is 16.5. The third-order valence-electron chi connectivity index (χ3n) is 5.27. The molecule has 32 heavy (non-hydrogen) atoms. The van der Waals surface area contributed by atoms with Crippen LogP contribution < -0.4 is 11.5 Å². The lowest BCUT2D eigenvalue weighted by atomic mass is 9.95. The van der Waals surface area contributed by atoms with E-state index in [1.807, 2.05) is 24.3 Å². The molecule has 4 aromatic rings. The first-order chi connectivity index (χ1) is 15.4. The number of phenolic OH excluding ortho intramolecular Hbond substituents is 1. The molecule has 8 heteroatoms. The number of ether oxygens (including phenoxy) is 1. The molecule has 4 rings (SSSR count). The first-order valence-electron chi connectivity index (χ1n) is 9.96. The van der Waals surface area contributed by atoms with Gasteiger partial charge in [-0.1, -0.05) is 18.2 Å². The summed E-state index contributed by atoms with van der Waals surface area (Å²) < 4.78 is 4.82. The Labute approximate surface area is 184 Å². The fourth-order valence-corrected chi connectivity index (χ4v) is 3.60. The van der Waals surface area contributed by atoms with Crippen molar-refractivity contribution in [1.29, 1.82) is 5.41 Å². The van der Waals surface area contributed by atoms with Crippen molar-refractivity contribution in [2.24, 2.45) is 11.5 Å². The van der Waals surface area contributed by atoms with Gasteiger partial charge in [-0.3, -0.25) is 10.2 Å². The van der Waals surface area contributed by atoms with Gasteiger partial charge in [0.05, 0.1) is 30.1 Å². The molecule has 0 aliphatic carbocycles. The number of nitrogen functional groups attached to an aromatic ring is 1. The monoisotopic (exact) mass is 429 g/mol. The Balaban J connectivity index is 1.90. The van der Waals surface area contributed by atoms with Gasteiger partial charge in [0, 0.05) is 17.7 Å². The van der Waals surface area contributed by atoms with E-state index in [1.54, 1.807) is 30.3 Å². The number of imidazole rings is 1. The van der Waals surface area contributed by atoms with Crippen LogP contribution in [-0.4, -0.2) is 34.0 Å². The normalized spacial score (nSPS) is 10.9. The third kappa shape index (κ3) is 4.03. The Kier molecular flexibility index (Phi) is 5.61. The molecule has 0 aliphatic heterocycles. The highest BCUT2D eigenvalue weighted by Crippen LogP contribution is 2.39. The quantitative estimate of drug-likeness (QED) is 0.180. The summed E-state index contributed by atoms with van der Waals surface area (Å²) in [5.74, 6) is 0.0141. The molecule has 0 saturated heterocycles. The number of hydrogen-bond acceptors (Lipinski definition) is 6. The number of carbonyl (C=O) groups is 1. The van der Waals surface area contributed by atoms with Crippen LogP contribution in [0.5, 0.6) is 5.75 Å². The van der Waals surface area contributed by atoms with Gasteiger partial charge in [0.25, 0.3) is 0 Å². The number of phenols is 1. The minimum absolute atomic E-state index is 0.0265. The SMILES string of the molecule is COC(=O)Cc1cc(-c2cccc(CN)c2)c(O)c(-c2nc3cc(C(=N)N)ccc3[nH]2)c1. The molecule has 0 unspecified atom stereocenters. The van der Waals surface area contributed by atoms with Crippen LogP contribution in [0, 0.1) is 5.41 Å². The van der Waals surface area contributed by atoms with E-state index in [0.717, 1.165) is 16.6 Å². The van der Waals surface area contributed by atoms with Gasteiger partial charge < -0.3 is 26.3 Å². The number of methoxy groups -OCH3 is 1. The molecular formula is C24H23N5O3. The zero-order valence-electron chi connectivity index (χ0n) is 17.5. The number of aromatic nitrogens is 2. The maximum atomic E-state index is 11.9. The number of aromatic amines is 1. The van der Waals surface area contributed by atoms with Crippen molar-refractivity contribution in [1.82, 2.24) is 9.97 Å². The van der Waals surface area contributed by atoms with Crippen LogP contribution in [0.25, 0.3) is 33.5 Å². The lowest BCUT2D eigenvalue weighted by molar-refractivity contribution is -0.139. The van der Waals surface area contributed by atoms with Gasteiger partial charge in [-0.05, 0) is 53.1 Å². The molecule has 8 nitrogen and oxygen atoms in total. The number of aromatic hydroxyl groups is 1. The van der Waals surface area contributed by atoms with E-state index in [0.29, 0.717) is 40.1 Å². The molecule has 0 fully saturated rings. The summed E-state index contributed by atoms with van der Waals surface area (Å²) in [6, 6.07) is 16.2. The first kappa shape index (κ1) is 21.1. The third-order valence-corrected chi connectivity index (χ3v) is 5.27. The average molecular weight is 429 g/mol. The molecule has 1 aromatic heterocycles. The summed E-state index contributed by atoms with van der Waals surface area (Å²) in [6.07, 6.45) is 0.0437. The van der Waals surface area contributed by atoms with E-state index in [1.165, 1.54) is 7.11 Å². The van der Waals surface area contributed by atoms with Crippen molar-refractivity contribution >= 4 is 22.8 Å². The average Bonchev–Trinajstić information content (AvgIpc) is 3.23. The smallest absolute Gasteiger partial charge is 0.309 e. The van der Waals surface area contributed by atoms with Crippen molar-refractivity contribution in [3.8, 4) is 28.3 Å². The van der Waals surface area contributed by atoms with Gasteiger partial charge in [0.1, 0.15) is 17.4 Å². The number of benzene rings is 3. The number of nitrogens with zero attached hydrogens (tertiary/aromatic N) is 1. The van der Waals surface area contributed by atoms with Crippen molar-refractivity contribution in [2.75, 3.05) is 7.11 Å². The number of amidine groups is 1. The molecule has 0 radical (unpaired) electrons. The topological polar surface area (TPSA) is 151 Å². The Hall–Kier alpha value is -4.17. The predicted molar refractivity (Wildman–Crippen MR) is 123 cm³/mol. The zero-order chi connectivity index (χ0) is 22.8. The number of nitrogens with one attached hydrogen (secondary N) is 2. The summed E-state index contributed by atoms with van der Waals surface area (Å²) >= 11 is 0. The minimum atomic E-state index is -0.390. The zero-order valence-corrected chi connectivity index (χ0v) is 17.5. The Morgan fingerprint density at radius 3 is 2.62 bits per heavy atom. The van der Waals surface area contributed by atoms with Gasteiger partial charge in [0.15, 0.2) is 0 Å². The second-order valence-electron chi connectivity index (χ2n) is 7.43. The van der Waals surface area contributed by atoms with E-state index in [2.05, 4.69) is 9.97 Å².